The molecule has 1 aliphatic rings. The molecule has 0 fully saturated rings. The van der Waals surface area contributed by atoms with E-state index in [9.17, 15) is 0 Å². The molecule has 2 heteroatoms. The zero-order chi connectivity index (χ0) is 18.3. The molecular formula is C23H37NO. The van der Waals surface area contributed by atoms with Crippen molar-refractivity contribution in [3.8, 4) is 5.75 Å². The topological polar surface area (TPSA) is 21.3 Å². The van der Waals surface area contributed by atoms with E-state index in [4.69, 9.17) is 4.74 Å². The maximum atomic E-state index is 6.21. The van der Waals surface area contributed by atoms with Crippen molar-refractivity contribution in [2.75, 3.05) is 11.9 Å². The molecule has 1 atom stereocenters. The Kier molecular flexibility index (Phi) is 7.40. The predicted octanol–water partition coefficient (Wildman–Crippen LogP) is 7.06. The minimum Gasteiger partial charge on any atom is -0.493 e. The summed E-state index contributed by atoms with van der Waals surface area (Å²) in [7, 11) is 0. The second-order valence-electron chi connectivity index (χ2n) is 7.62. The summed E-state index contributed by atoms with van der Waals surface area (Å²) in [5, 5.41) is 3.54. The quantitative estimate of drug-likeness (QED) is 0.464. The van der Waals surface area contributed by atoms with Gasteiger partial charge in [-0.1, -0.05) is 66.4 Å². The molecule has 1 heterocycles. The highest BCUT2D eigenvalue weighted by Crippen LogP contribution is 2.50. The van der Waals surface area contributed by atoms with Crippen molar-refractivity contribution in [1.82, 2.24) is 0 Å². The van der Waals surface area contributed by atoms with Crippen molar-refractivity contribution >= 4 is 5.69 Å². The molecule has 140 valence electrons. The number of unbranched alkanes of at least 4 members (excludes halogenated alkanes) is 1. The summed E-state index contributed by atoms with van der Waals surface area (Å²) in [6, 6.07) is 6.56. The van der Waals surface area contributed by atoms with Crippen LogP contribution in [0.5, 0.6) is 5.75 Å². The van der Waals surface area contributed by atoms with Gasteiger partial charge in [-0.2, -0.15) is 0 Å². The lowest BCUT2D eigenvalue weighted by Gasteiger charge is -2.30. The van der Waals surface area contributed by atoms with E-state index >= 15 is 0 Å². The minimum absolute atomic E-state index is 0.0740. The van der Waals surface area contributed by atoms with E-state index in [1.807, 2.05) is 0 Å². The lowest BCUT2D eigenvalue weighted by molar-refractivity contribution is 0.233. The molecule has 1 aromatic rings. The predicted molar refractivity (Wildman–Crippen MR) is 109 cm³/mol. The SMILES string of the molecule is C=C1Nc2ccc(OCC(CC)CCCC)cc2C1(CCC)CCC. The molecular weight excluding hydrogens is 306 g/mol. The Morgan fingerprint density at radius 1 is 1.08 bits per heavy atom. The average Bonchev–Trinajstić information content (AvgIpc) is 2.87. The Balaban J connectivity index is 2.17. The van der Waals surface area contributed by atoms with Crippen LogP contribution < -0.4 is 10.1 Å². The smallest absolute Gasteiger partial charge is 0.119 e. The number of hydrogen-bond donors (Lipinski definition) is 1. The number of fused-ring (bicyclic) bond motifs is 1. The number of hydrogen-bond acceptors (Lipinski definition) is 2. The van der Waals surface area contributed by atoms with Crippen molar-refractivity contribution in [2.24, 2.45) is 5.92 Å². The van der Waals surface area contributed by atoms with Gasteiger partial charge in [0.1, 0.15) is 5.75 Å². The molecule has 1 aromatic carbocycles. The lowest BCUT2D eigenvalue weighted by atomic mass is 9.73. The average molecular weight is 344 g/mol. The third kappa shape index (κ3) is 4.40. The van der Waals surface area contributed by atoms with E-state index in [-0.39, 0.29) is 5.41 Å². The lowest BCUT2D eigenvalue weighted by Crippen LogP contribution is -2.25. The summed E-state index contributed by atoms with van der Waals surface area (Å²) in [5.41, 5.74) is 3.85. The van der Waals surface area contributed by atoms with Crippen molar-refractivity contribution in [3.63, 3.8) is 0 Å². The first kappa shape index (κ1) is 19.9. The normalized spacial score (nSPS) is 16.4. The number of benzene rings is 1. The van der Waals surface area contributed by atoms with Gasteiger partial charge in [0.25, 0.3) is 0 Å². The van der Waals surface area contributed by atoms with Crippen LogP contribution in [0.15, 0.2) is 30.5 Å². The number of rotatable bonds is 11. The van der Waals surface area contributed by atoms with Crippen molar-refractivity contribution < 1.29 is 4.74 Å². The second kappa shape index (κ2) is 9.31. The highest BCUT2D eigenvalue weighted by molar-refractivity contribution is 5.69. The van der Waals surface area contributed by atoms with E-state index < -0.39 is 0 Å². The Morgan fingerprint density at radius 2 is 1.80 bits per heavy atom. The zero-order valence-electron chi connectivity index (χ0n) is 16.8. The van der Waals surface area contributed by atoms with Crippen LogP contribution in [0.1, 0.15) is 84.6 Å². The number of nitrogens with one attached hydrogen (secondary N) is 1. The van der Waals surface area contributed by atoms with Gasteiger partial charge in [0.05, 0.1) is 6.61 Å². The van der Waals surface area contributed by atoms with Gasteiger partial charge in [0, 0.05) is 16.8 Å². The monoisotopic (exact) mass is 343 g/mol. The second-order valence-corrected chi connectivity index (χ2v) is 7.62. The van der Waals surface area contributed by atoms with Crippen LogP contribution in [0.3, 0.4) is 0 Å². The van der Waals surface area contributed by atoms with Crippen LogP contribution >= 0.6 is 0 Å². The first-order valence-electron chi connectivity index (χ1n) is 10.3. The molecule has 0 radical (unpaired) electrons. The van der Waals surface area contributed by atoms with E-state index in [1.165, 1.54) is 49.8 Å². The van der Waals surface area contributed by atoms with Crippen LogP contribution in [-0.2, 0) is 5.41 Å². The van der Waals surface area contributed by atoms with E-state index in [0.717, 1.165) is 30.9 Å². The number of allylic oxidation sites excluding steroid dienone is 1. The molecule has 0 saturated heterocycles. The van der Waals surface area contributed by atoms with Gasteiger partial charge in [-0.15, -0.1) is 0 Å². The Labute approximate surface area is 155 Å². The molecule has 0 amide bonds. The maximum Gasteiger partial charge on any atom is 0.119 e. The van der Waals surface area contributed by atoms with Crippen LogP contribution in [0.4, 0.5) is 5.69 Å². The molecule has 1 aliphatic heterocycles. The molecule has 0 saturated carbocycles. The largest absolute Gasteiger partial charge is 0.493 e. The first-order chi connectivity index (χ1) is 12.1. The van der Waals surface area contributed by atoms with Crippen LogP contribution in [0.2, 0.25) is 0 Å². The Bertz CT molecular complexity index is 557. The van der Waals surface area contributed by atoms with Gasteiger partial charge in [-0.3, -0.25) is 0 Å². The molecule has 0 spiro atoms. The molecule has 0 aromatic heterocycles. The van der Waals surface area contributed by atoms with Gasteiger partial charge < -0.3 is 10.1 Å². The van der Waals surface area contributed by atoms with E-state index in [1.54, 1.807) is 0 Å². The highest BCUT2D eigenvalue weighted by atomic mass is 16.5. The molecule has 2 nitrogen and oxygen atoms in total. The highest BCUT2D eigenvalue weighted by Gasteiger charge is 2.40. The molecule has 1 N–H and O–H groups in total. The van der Waals surface area contributed by atoms with Gasteiger partial charge in [-0.25, -0.2) is 0 Å². The fourth-order valence-electron chi connectivity index (χ4n) is 4.22. The van der Waals surface area contributed by atoms with Crippen molar-refractivity contribution in [1.29, 1.82) is 0 Å². The summed E-state index contributed by atoms with van der Waals surface area (Å²) in [6.07, 6.45) is 9.66. The first-order valence-corrected chi connectivity index (χ1v) is 10.3. The summed E-state index contributed by atoms with van der Waals surface area (Å²) >= 11 is 0. The number of ether oxygens (including phenoxy) is 1. The summed E-state index contributed by atoms with van der Waals surface area (Å²) < 4.78 is 6.21. The fraction of sp³-hybridized carbons (Fsp3) is 0.652. The molecule has 2 rings (SSSR count). The van der Waals surface area contributed by atoms with Crippen molar-refractivity contribution in [2.45, 2.75) is 84.5 Å². The Hall–Kier alpha value is -1.44. The molecule has 0 aliphatic carbocycles. The van der Waals surface area contributed by atoms with Crippen LogP contribution in [0.25, 0.3) is 0 Å². The molecule has 25 heavy (non-hydrogen) atoms. The minimum atomic E-state index is 0.0740. The van der Waals surface area contributed by atoms with Gasteiger partial charge in [0.15, 0.2) is 0 Å². The summed E-state index contributed by atoms with van der Waals surface area (Å²) in [5.74, 6) is 1.68. The molecule has 1 unspecified atom stereocenters. The third-order valence-corrected chi connectivity index (χ3v) is 5.75. The standard InChI is InChI=1S/C23H37NO/c1-6-10-11-19(9-4)17-25-20-12-13-22-21(16-20)23(14-7-2,15-8-3)18(5)24-22/h12-13,16,19,24H,5-11,14-15,17H2,1-4H3. The van der Waals surface area contributed by atoms with Crippen LogP contribution in [0, 0.1) is 5.92 Å². The summed E-state index contributed by atoms with van der Waals surface area (Å²) in [4.78, 5) is 0. The van der Waals surface area contributed by atoms with Gasteiger partial charge >= 0.3 is 0 Å². The van der Waals surface area contributed by atoms with E-state index in [2.05, 4.69) is 57.8 Å². The number of anilines is 1. The van der Waals surface area contributed by atoms with Gasteiger partial charge in [-0.05, 0) is 48.9 Å². The summed E-state index contributed by atoms with van der Waals surface area (Å²) in [6.45, 7) is 14.3. The van der Waals surface area contributed by atoms with E-state index in [0.29, 0.717) is 5.92 Å². The third-order valence-electron chi connectivity index (χ3n) is 5.75. The van der Waals surface area contributed by atoms with Crippen molar-refractivity contribution in [3.05, 3.63) is 36.0 Å². The van der Waals surface area contributed by atoms with Gasteiger partial charge in [0.2, 0.25) is 0 Å². The molecule has 0 bridgehead atoms. The van der Waals surface area contributed by atoms with Crippen LogP contribution in [-0.4, -0.2) is 6.61 Å². The Morgan fingerprint density at radius 3 is 2.40 bits per heavy atom. The maximum absolute atomic E-state index is 6.21. The fourth-order valence-corrected chi connectivity index (χ4v) is 4.22. The zero-order valence-corrected chi connectivity index (χ0v) is 16.8.